The number of amides is 2. The summed E-state index contributed by atoms with van der Waals surface area (Å²) in [5.41, 5.74) is 0.451. The van der Waals surface area contributed by atoms with Crippen molar-refractivity contribution in [3.05, 3.63) is 18.2 Å². The number of carbonyl (C=O) groups excluding carboxylic acids is 2. The summed E-state index contributed by atoms with van der Waals surface area (Å²) >= 11 is 0. The molecule has 120 valence electrons. The lowest BCUT2D eigenvalue weighted by Gasteiger charge is -2.16. The van der Waals surface area contributed by atoms with Crippen LogP contribution >= 0.6 is 0 Å². The highest BCUT2D eigenvalue weighted by atomic mass is 16.2. The molecule has 0 saturated heterocycles. The minimum absolute atomic E-state index is 0.0539. The number of nitrogens with one attached hydrogen (secondary N) is 2. The minimum atomic E-state index is -0.156. The zero-order valence-electron chi connectivity index (χ0n) is 13.6. The van der Waals surface area contributed by atoms with Gasteiger partial charge < -0.3 is 10.6 Å². The van der Waals surface area contributed by atoms with E-state index in [4.69, 9.17) is 0 Å². The van der Waals surface area contributed by atoms with Gasteiger partial charge in [0, 0.05) is 24.3 Å². The lowest BCUT2D eigenvalue weighted by Crippen LogP contribution is -2.29. The third-order valence-electron chi connectivity index (χ3n) is 3.70. The van der Waals surface area contributed by atoms with Crippen LogP contribution in [0.2, 0.25) is 0 Å². The fourth-order valence-electron chi connectivity index (χ4n) is 2.12. The number of anilines is 1. The Labute approximate surface area is 131 Å². The maximum atomic E-state index is 11.8. The number of carbonyl (C=O) groups is 2. The Kier molecular flexibility index (Phi) is 4.78. The zero-order valence-corrected chi connectivity index (χ0v) is 13.6. The van der Waals surface area contributed by atoms with Gasteiger partial charge in [-0.2, -0.15) is 0 Å². The Morgan fingerprint density at radius 3 is 2.36 bits per heavy atom. The summed E-state index contributed by atoms with van der Waals surface area (Å²) < 4.78 is 0. The van der Waals surface area contributed by atoms with Crippen molar-refractivity contribution in [2.75, 3.05) is 11.9 Å². The molecule has 1 aliphatic rings. The van der Waals surface area contributed by atoms with Crippen LogP contribution in [0.3, 0.4) is 0 Å². The van der Waals surface area contributed by atoms with Crippen LogP contribution in [0.15, 0.2) is 12.4 Å². The molecule has 0 radical (unpaired) electrons. The number of hydrogen-bond acceptors (Lipinski definition) is 4. The third kappa shape index (κ3) is 4.51. The summed E-state index contributed by atoms with van der Waals surface area (Å²) in [6.07, 6.45) is 4.41. The van der Waals surface area contributed by atoms with E-state index in [1.807, 2.05) is 20.8 Å². The van der Waals surface area contributed by atoms with Crippen molar-refractivity contribution in [3.63, 3.8) is 0 Å². The van der Waals surface area contributed by atoms with Crippen molar-refractivity contribution >= 4 is 17.5 Å². The predicted molar refractivity (Wildman–Crippen MR) is 84.3 cm³/mol. The first-order valence-electron chi connectivity index (χ1n) is 7.67. The molecule has 6 heteroatoms. The van der Waals surface area contributed by atoms with Gasteiger partial charge in [-0.15, -0.1) is 0 Å². The molecule has 1 aromatic rings. The van der Waals surface area contributed by atoms with Crippen LogP contribution in [0.1, 0.15) is 46.4 Å². The van der Waals surface area contributed by atoms with Gasteiger partial charge in [0.15, 0.2) is 0 Å². The summed E-state index contributed by atoms with van der Waals surface area (Å²) in [7, 11) is 0. The van der Waals surface area contributed by atoms with Crippen molar-refractivity contribution in [3.8, 4) is 0 Å². The number of hydrogen-bond donors (Lipinski definition) is 2. The molecular formula is C16H24N4O2. The van der Waals surface area contributed by atoms with Crippen molar-refractivity contribution in [1.29, 1.82) is 0 Å². The van der Waals surface area contributed by atoms with Gasteiger partial charge in [0.2, 0.25) is 11.8 Å². The van der Waals surface area contributed by atoms with Crippen molar-refractivity contribution in [2.45, 2.75) is 46.0 Å². The average Bonchev–Trinajstić information content (AvgIpc) is 3.15. The number of aromatic nitrogens is 2. The molecule has 1 aromatic heterocycles. The molecule has 2 N–H and O–H groups in total. The average molecular weight is 304 g/mol. The molecule has 1 fully saturated rings. The van der Waals surface area contributed by atoms with Gasteiger partial charge in [0.05, 0.1) is 18.1 Å². The fourth-order valence-corrected chi connectivity index (χ4v) is 2.12. The highest BCUT2D eigenvalue weighted by Crippen LogP contribution is 2.37. The molecule has 0 bridgehead atoms. The summed E-state index contributed by atoms with van der Waals surface area (Å²) in [4.78, 5) is 31.9. The standard InChI is InChI=1S/C16H24N4O2/c1-10-7-12(10)14(22)17-6-5-13(21)20-11-8-18-15(19-9-11)16(2,3)4/h8-10,12H,5-7H2,1-4H3,(H,17,22)(H,20,21). The molecular weight excluding hydrogens is 280 g/mol. The van der Waals surface area contributed by atoms with Crippen LogP contribution in [0.5, 0.6) is 0 Å². The fraction of sp³-hybridized carbons (Fsp3) is 0.625. The molecule has 2 amide bonds. The largest absolute Gasteiger partial charge is 0.355 e. The second kappa shape index (κ2) is 6.42. The minimum Gasteiger partial charge on any atom is -0.355 e. The highest BCUT2D eigenvalue weighted by Gasteiger charge is 2.38. The van der Waals surface area contributed by atoms with Gasteiger partial charge in [-0.3, -0.25) is 9.59 Å². The van der Waals surface area contributed by atoms with Gasteiger partial charge >= 0.3 is 0 Å². The van der Waals surface area contributed by atoms with Crippen LogP contribution < -0.4 is 10.6 Å². The molecule has 1 saturated carbocycles. The Balaban J connectivity index is 1.73. The Morgan fingerprint density at radius 1 is 1.27 bits per heavy atom. The Bertz CT molecular complexity index is 548. The topological polar surface area (TPSA) is 84.0 Å². The summed E-state index contributed by atoms with van der Waals surface area (Å²) in [5, 5.41) is 5.52. The predicted octanol–water partition coefficient (Wildman–Crippen LogP) is 1.87. The second-order valence-electron chi connectivity index (χ2n) is 6.95. The smallest absolute Gasteiger partial charge is 0.226 e. The van der Waals surface area contributed by atoms with E-state index in [0.717, 1.165) is 12.2 Å². The Hall–Kier alpha value is -1.98. The molecule has 2 rings (SSSR count). The van der Waals surface area contributed by atoms with Gasteiger partial charge in [-0.25, -0.2) is 9.97 Å². The quantitative estimate of drug-likeness (QED) is 0.870. The molecule has 0 aliphatic heterocycles. The summed E-state index contributed by atoms with van der Waals surface area (Å²) in [6.45, 7) is 8.50. The maximum absolute atomic E-state index is 11.8. The van der Waals surface area contributed by atoms with E-state index in [1.54, 1.807) is 12.4 Å². The molecule has 1 aliphatic carbocycles. The van der Waals surface area contributed by atoms with Gasteiger partial charge in [0.25, 0.3) is 0 Å². The van der Waals surface area contributed by atoms with Crippen LogP contribution in [-0.4, -0.2) is 28.3 Å². The molecule has 2 atom stereocenters. The highest BCUT2D eigenvalue weighted by molar-refractivity contribution is 5.91. The lowest BCUT2D eigenvalue weighted by atomic mass is 9.96. The molecule has 0 aromatic carbocycles. The second-order valence-corrected chi connectivity index (χ2v) is 6.95. The van der Waals surface area contributed by atoms with E-state index < -0.39 is 0 Å². The molecule has 2 unspecified atom stereocenters. The van der Waals surface area contributed by atoms with Crippen LogP contribution in [0.4, 0.5) is 5.69 Å². The SMILES string of the molecule is CC1CC1C(=O)NCCC(=O)Nc1cnc(C(C)(C)C)nc1. The van der Waals surface area contributed by atoms with E-state index in [0.29, 0.717) is 18.2 Å². The lowest BCUT2D eigenvalue weighted by molar-refractivity contribution is -0.122. The number of rotatable bonds is 5. The van der Waals surface area contributed by atoms with Crippen LogP contribution in [0.25, 0.3) is 0 Å². The molecule has 1 heterocycles. The van der Waals surface area contributed by atoms with E-state index in [-0.39, 0.29) is 29.6 Å². The van der Waals surface area contributed by atoms with E-state index in [1.165, 1.54) is 0 Å². The van der Waals surface area contributed by atoms with Crippen molar-refractivity contribution < 1.29 is 9.59 Å². The first-order valence-corrected chi connectivity index (χ1v) is 7.67. The zero-order chi connectivity index (χ0) is 16.3. The number of nitrogens with zero attached hydrogens (tertiary/aromatic N) is 2. The van der Waals surface area contributed by atoms with Crippen LogP contribution in [0, 0.1) is 11.8 Å². The van der Waals surface area contributed by atoms with E-state index >= 15 is 0 Å². The van der Waals surface area contributed by atoms with Gasteiger partial charge in [-0.05, 0) is 12.3 Å². The summed E-state index contributed by atoms with van der Waals surface area (Å²) in [5.74, 6) is 1.25. The summed E-state index contributed by atoms with van der Waals surface area (Å²) in [6, 6.07) is 0. The molecule has 22 heavy (non-hydrogen) atoms. The van der Waals surface area contributed by atoms with Gasteiger partial charge in [-0.1, -0.05) is 27.7 Å². The van der Waals surface area contributed by atoms with Crippen LogP contribution in [-0.2, 0) is 15.0 Å². The maximum Gasteiger partial charge on any atom is 0.226 e. The Morgan fingerprint density at radius 2 is 1.86 bits per heavy atom. The molecule has 6 nitrogen and oxygen atoms in total. The van der Waals surface area contributed by atoms with Crippen molar-refractivity contribution in [1.82, 2.24) is 15.3 Å². The third-order valence-corrected chi connectivity index (χ3v) is 3.70. The first-order chi connectivity index (χ1) is 10.3. The van der Waals surface area contributed by atoms with E-state index in [9.17, 15) is 9.59 Å². The molecule has 0 spiro atoms. The normalized spacial score (nSPS) is 20.4. The van der Waals surface area contributed by atoms with E-state index in [2.05, 4.69) is 27.5 Å². The monoisotopic (exact) mass is 304 g/mol. The van der Waals surface area contributed by atoms with Gasteiger partial charge in [0.1, 0.15) is 5.82 Å². The first kappa shape index (κ1) is 16.4. The van der Waals surface area contributed by atoms with Crippen molar-refractivity contribution in [2.24, 2.45) is 11.8 Å².